The molecule has 318 valence electrons. The van der Waals surface area contributed by atoms with Crippen molar-refractivity contribution >= 4 is 16.6 Å². The Bertz CT molecular complexity index is 2200. The lowest BCUT2D eigenvalue weighted by molar-refractivity contribution is -0.255. The Labute approximate surface area is 359 Å². The molecule has 2 bridgehead atoms. The number of ether oxygens (including phenoxy) is 6. The first-order valence-electron chi connectivity index (χ1n) is 21.1. The molecule has 0 aromatic heterocycles. The quantitative estimate of drug-likeness (QED) is 0.102. The van der Waals surface area contributed by atoms with E-state index in [1.807, 2.05) is 97.1 Å². The van der Waals surface area contributed by atoms with Gasteiger partial charge in [0.25, 0.3) is 5.79 Å². The summed E-state index contributed by atoms with van der Waals surface area (Å²) in [4.78, 5) is 0. The van der Waals surface area contributed by atoms with Crippen molar-refractivity contribution < 1.29 is 37.3 Å². The Kier molecular flexibility index (Phi) is 12.6. The van der Waals surface area contributed by atoms with Gasteiger partial charge in [0.1, 0.15) is 49.3 Å². The normalized spacial score (nSPS) is 19.4. The van der Waals surface area contributed by atoms with Gasteiger partial charge in [-0.1, -0.05) is 133 Å². The highest BCUT2D eigenvalue weighted by Gasteiger charge is 2.59. The fourth-order valence-electron chi connectivity index (χ4n) is 6.89. The van der Waals surface area contributed by atoms with Crippen LogP contribution in [0.2, 0.25) is 36.3 Å². The summed E-state index contributed by atoms with van der Waals surface area (Å²) in [6, 6.07) is 40.4. The largest absolute Gasteiger partial charge is 0.543 e. The van der Waals surface area contributed by atoms with Crippen molar-refractivity contribution in [2.24, 2.45) is 0 Å². The highest BCUT2D eigenvalue weighted by molar-refractivity contribution is 6.75. The van der Waals surface area contributed by atoms with Crippen LogP contribution in [0.5, 0.6) is 28.7 Å². The Morgan fingerprint density at radius 3 is 1.63 bits per heavy atom. The fraction of sp³-hybridized carbons (Fsp3) is 0.400. The van der Waals surface area contributed by atoms with Gasteiger partial charge in [0, 0.05) is 17.7 Å². The highest BCUT2D eigenvalue weighted by atomic mass is 28.4. The fourth-order valence-corrected chi connectivity index (χ4v) is 9.17. The van der Waals surface area contributed by atoms with Crippen molar-refractivity contribution in [3.63, 3.8) is 0 Å². The molecule has 5 aromatic rings. The van der Waals surface area contributed by atoms with Crippen molar-refractivity contribution in [1.29, 1.82) is 0 Å². The smallest absolute Gasteiger partial charge is 0.265 e. The molecule has 0 radical (unpaired) electrons. The van der Waals surface area contributed by atoms with Crippen LogP contribution in [-0.4, -0.2) is 36.0 Å². The molecule has 8 nitrogen and oxygen atoms in total. The number of rotatable bonds is 14. The molecule has 10 heteroatoms. The molecule has 7 rings (SSSR count). The molecule has 3 atom stereocenters. The molecule has 1 fully saturated rings. The molecule has 0 unspecified atom stereocenters. The lowest BCUT2D eigenvalue weighted by Gasteiger charge is -2.50. The van der Waals surface area contributed by atoms with Gasteiger partial charge in [0.2, 0.25) is 8.32 Å². The van der Waals surface area contributed by atoms with Crippen LogP contribution in [0.3, 0.4) is 0 Å². The standard InChI is InChI=1S/C50H62O8Si2/c1-48(2,3)59(7,8)57-40-31-43(54-35-38-24-18-13-19-25-38)45-44(32-40)56-50(47(46(45)51-28-29-55-50)58-60(9,10)49(4,5)6)39-26-27-41(52-33-36-20-14-11-15-21-36)42(30-39)53-34-37-22-16-12-17-23-37/h11-27,30-32,46-47H,28-29,33-35H2,1-10H3/t46-,47+,50+/m0/s1. The molecule has 60 heavy (non-hydrogen) atoms. The Morgan fingerprint density at radius 2 is 1.10 bits per heavy atom. The maximum atomic E-state index is 7.49. The van der Waals surface area contributed by atoms with Crippen LogP contribution in [0.4, 0.5) is 0 Å². The molecule has 2 aliphatic heterocycles. The zero-order valence-corrected chi connectivity index (χ0v) is 39.0. The van der Waals surface area contributed by atoms with Crippen molar-refractivity contribution in [1.82, 2.24) is 0 Å². The minimum atomic E-state index is -2.52. The Hall–Kier alpha value is -4.59. The summed E-state index contributed by atoms with van der Waals surface area (Å²) in [5.41, 5.74) is 4.64. The van der Waals surface area contributed by atoms with Crippen molar-refractivity contribution in [2.45, 2.75) is 116 Å². The molecule has 0 amide bonds. The number of fused-ring (bicyclic) bond motifs is 4. The van der Waals surface area contributed by atoms with Crippen molar-refractivity contribution in [3.05, 3.63) is 149 Å². The predicted octanol–water partition coefficient (Wildman–Crippen LogP) is 12.5. The van der Waals surface area contributed by atoms with E-state index in [1.165, 1.54) is 0 Å². The van der Waals surface area contributed by atoms with Gasteiger partial charge in [-0.3, -0.25) is 0 Å². The molecule has 0 aliphatic carbocycles. The molecular weight excluding hydrogens is 785 g/mol. The molecule has 2 aliphatic rings. The van der Waals surface area contributed by atoms with E-state index in [4.69, 9.17) is 37.3 Å². The monoisotopic (exact) mass is 846 g/mol. The average molecular weight is 847 g/mol. The van der Waals surface area contributed by atoms with E-state index in [-0.39, 0.29) is 16.7 Å². The average Bonchev–Trinajstić information content (AvgIpc) is 3.32. The summed E-state index contributed by atoms with van der Waals surface area (Å²) in [7, 11) is -4.82. The van der Waals surface area contributed by atoms with Crippen LogP contribution in [0.1, 0.15) is 75.5 Å². The number of hydrogen-bond acceptors (Lipinski definition) is 8. The first kappa shape index (κ1) is 43.5. The second-order valence-electron chi connectivity index (χ2n) is 18.9. The van der Waals surface area contributed by atoms with E-state index >= 15 is 0 Å². The lowest BCUT2D eigenvalue weighted by atomic mass is 9.88. The maximum absolute atomic E-state index is 7.49. The van der Waals surface area contributed by atoms with Gasteiger partial charge in [0.05, 0.1) is 18.8 Å². The van der Waals surface area contributed by atoms with E-state index in [2.05, 4.69) is 92.0 Å². The third-order valence-corrected chi connectivity index (χ3v) is 21.2. The van der Waals surface area contributed by atoms with E-state index in [0.29, 0.717) is 55.2 Å². The molecular formula is C50H62O8Si2. The molecule has 2 heterocycles. The molecule has 5 aromatic carbocycles. The summed E-state index contributed by atoms with van der Waals surface area (Å²) in [6.07, 6.45) is -1.33. The van der Waals surface area contributed by atoms with Crippen LogP contribution < -0.4 is 23.4 Å². The zero-order chi connectivity index (χ0) is 42.8. The van der Waals surface area contributed by atoms with Crippen LogP contribution in [-0.2, 0) is 39.5 Å². The highest BCUT2D eigenvalue weighted by Crippen LogP contribution is 2.57. The van der Waals surface area contributed by atoms with Crippen LogP contribution in [0.25, 0.3) is 0 Å². The van der Waals surface area contributed by atoms with Crippen LogP contribution >= 0.6 is 0 Å². The summed E-state index contributed by atoms with van der Waals surface area (Å²) >= 11 is 0. The summed E-state index contributed by atoms with van der Waals surface area (Å²) in [6.45, 7) is 24.1. The van der Waals surface area contributed by atoms with Gasteiger partial charge in [-0.25, -0.2) is 0 Å². The SMILES string of the molecule is CC(C)(C)[Si](C)(C)Oc1cc(OCc2ccccc2)c2c(c1)O[C@@]1(c3ccc(OCc4ccccc4)c(OCc4ccccc4)c3)OCCO[C@@H]2[C@H]1O[Si](C)(C)C(C)(C)C. The van der Waals surface area contributed by atoms with Crippen molar-refractivity contribution in [3.8, 4) is 28.7 Å². The van der Waals surface area contributed by atoms with Gasteiger partial charge in [-0.2, -0.15) is 0 Å². The first-order valence-corrected chi connectivity index (χ1v) is 26.9. The second-order valence-corrected chi connectivity index (χ2v) is 28.4. The number of benzene rings is 5. The minimum Gasteiger partial charge on any atom is -0.543 e. The van der Waals surface area contributed by atoms with Gasteiger partial charge in [-0.15, -0.1) is 0 Å². The summed E-state index contributed by atoms with van der Waals surface area (Å²) in [5.74, 6) is 1.60. The van der Waals surface area contributed by atoms with Gasteiger partial charge >= 0.3 is 0 Å². The molecule has 0 saturated carbocycles. The van der Waals surface area contributed by atoms with Gasteiger partial charge in [0.15, 0.2) is 19.8 Å². The Morgan fingerprint density at radius 1 is 0.583 bits per heavy atom. The zero-order valence-electron chi connectivity index (χ0n) is 37.0. The molecule has 0 N–H and O–H groups in total. The van der Waals surface area contributed by atoms with Crippen LogP contribution in [0, 0.1) is 0 Å². The van der Waals surface area contributed by atoms with Gasteiger partial charge in [-0.05, 0) is 71.2 Å². The maximum Gasteiger partial charge on any atom is 0.265 e. The Balaban J connectivity index is 1.39. The topological polar surface area (TPSA) is 73.8 Å². The molecule has 1 saturated heterocycles. The third kappa shape index (κ3) is 9.48. The van der Waals surface area contributed by atoms with E-state index in [9.17, 15) is 0 Å². The third-order valence-electron chi connectivity index (χ3n) is 12.4. The minimum absolute atomic E-state index is 0.0428. The number of hydrogen-bond donors (Lipinski definition) is 0. The summed E-state index contributed by atoms with van der Waals surface area (Å²) in [5, 5.41) is -0.178. The van der Waals surface area contributed by atoms with Crippen LogP contribution in [0.15, 0.2) is 121 Å². The van der Waals surface area contributed by atoms with E-state index in [1.54, 1.807) is 0 Å². The summed E-state index contributed by atoms with van der Waals surface area (Å²) < 4.78 is 55.6. The van der Waals surface area contributed by atoms with E-state index < -0.39 is 34.6 Å². The lowest BCUT2D eigenvalue weighted by Crippen LogP contribution is -2.58. The van der Waals surface area contributed by atoms with Crippen molar-refractivity contribution in [2.75, 3.05) is 13.2 Å². The molecule has 0 spiro atoms. The first-order chi connectivity index (χ1) is 28.5. The van der Waals surface area contributed by atoms with E-state index in [0.717, 1.165) is 27.8 Å². The predicted molar refractivity (Wildman–Crippen MR) is 242 cm³/mol. The van der Waals surface area contributed by atoms with Gasteiger partial charge < -0.3 is 37.3 Å². The second kappa shape index (κ2) is 17.4.